The van der Waals surface area contributed by atoms with Crippen LogP contribution in [0.5, 0.6) is 17.2 Å². The van der Waals surface area contributed by atoms with Crippen molar-refractivity contribution >= 4 is 34.3 Å². The van der Waals surface area contributed by atoms with E-state index in [4.69, 9.17) is 19.2 Å². The van der Waals surface area contributed by atoms with Crippen LogP contribution >= 0.6 is 0 Å². The Balaban J connectivity index is 1.47. The van der Waals surface area contributed by atoms with Gasteiger partial charge in [-0.2, -0.15) is 4.98 Å². The van der Waals surface area contributed by atoms with Crippen molar-refractivity contribution in [2.24, 2.45) is 0 Å². The number of ether oxygens (including phenoxy) is 3. The van der Waals surface area contributed by atoms with E-state index < -0.39 is 4.92 Å². The molecule has 2 aromatic heterocycles. The van der Waals surface area contributed by atoms with E-state index in [1.54, 1.807) is 28.8 Å². The number of non-ortho nitro benzene ring substituents is 1. The summed E-state index contributed by atoms with van der Waals surface area (Å²) in [4.78, 5) is 28.5. The summed E-state index contributed by atoms with van der Waals surface area (Å²) in [6, 6.07) is 17.4. The van der Waals surface area contributed by atoms with E-state index in [1.165, 1.54) is 39.8 Å². The fraction of sp³-hybridized carbons (Fsp3) is 0.154. The Morgan fingerprint density at radius 1 is 0.923 bits per heavy atom. The summed E-state index contributed by atoms with van der Waals surface area (Å²) in [6.45, 7) is 0.378. The molecule has 198 valence electrons. The highest BCUT2D eigenvalue weighted by molar-refractivity contribution is 5.80. The summed E-state index contributed by atoms with van der Waals surface area (Å²) < 4.78 is 18.0. The highest BCUT2D eigenvalue weighted by Crippen LogP contribution is 2.40. The van der Waals surface area contributed by atoms with Crippen molar-refractivity contribution in [3.8, 4) is 23.2 Å². The minimum absolute atomic E-state index is 0.0308. The van der Waals surface area contributed by atoms with Gasteiger partial charge in [0.05, 0.1) is 37.3 Å². The maximum Gasteiger partial charge on any atom is 0.269 e. The Kier molecular flexibility index (Phi) is 7.03. The van der Waals surface area contributed by atoms with Gasteiger partial charge in [0.1, 0.15) is 6.33 Å². The highest BCUT2D eigenvalue weighted by Gasteiger charge is 2.17. The standard InChI is InChI=1S/C26H24N8O5/c1-37-21-12-17(13-22(38-2)23(21)39-3)30-24-28-15-29-26(32-24)33-20-7-5-4-6-19(20)31-25(33)27-14-16-8-10-18(11-9-16)34(35)36/h4-13,15H,14H2,1-3H3,(H,27,31)(H,28,29,30,32). The van der Waals surface area contributed by atoms with Crippen LogP contribution < -0.4 is 24.8 Å². The molecular formula is C26H24N8O5. The van der Waals surface area contributed by atoms with Crippen LogP contribution in [0.1, 0.15) is 5.56 Å². The quantitative estimate of drug-likeness (QED) is 0.195. The molecule has 0 spiro atoms. The van der Waals surface area contributed by atoms with Crippen LogP contribution in [0.15, 0.2) is 67.0 Å². The van der Waals surface area contributed by atoms with Gasteiger partial charge < -0.3 is 24.8 Å². The molecule has 13 nitrogen and oxygen atoms in total. The second-order valence-electron chi connectivity index (χ2n) is 8.18. The number of benzene rings is 3. The van der Waals surface area contributed by atoms with Gasteiger partial charge in [0.25, 0.3) is 5.69 Å². The number of methoxy groups -OCH3 is 3. The summed E-state index contributed by atoms with van der Waals surface area (Å²) in [7, 11) is 4.61. The average molecular weight is 529 g/mol. The Morgan fingerprint density at radius 3 is 2.31 bits per heavy atom. The van der Waals surface area contributed by atoms with Crippen LogP contribution in [-0.4, -0.2) is 50.8 Å². The fourth-order valence-electron chi connectivity index (χ4n) is 4.00. The molecule has 5 aromatic rings. The monoisotopic (exact) mass is 528 g/mol. The molecule has 39 heavy (non-hydrogen) atoms. The van der Waals surface area contributed by atoms with Crippen LogP contribution in [0.4, 0.5) is 23.3 Å². The summed E-state index contributed by atoms with van der Waals surface area (Å²) in [6.07, 6.45) is 1.40. The molecule has 0 saturated carbocycles. The lowest BCUT2D eigenvalue weighted by molar-refractivity contribution is -0.384. The lowest BCUT2D eigenvalue weighted by Crippen LogP contribution is -2.10. The topological polar surface area (TPSA) is 151 Å². The van der Waals surface area contributed by atoms with Gasteiger partial charge in [-0.15, -0.1) is 0 Å². The zero-order valence-corrected chi connectivity index (χ0v) is 21.3. The number of para-hydroxylation sites is 2. The Labute approximate surface area is 222 Å². The molecule has 0 radical (unpaired) electrons. The largest absolute Gasteiger partial charge is 0.493 e. The number of fused-ring (bicyclic) bond motifs is 1. The highest BCUT2D eigenvalue weighted by atomic mass is 16.6. The third kappa shape index (κ3) is 5.18. The van der Waals surface area contributed by atoms with Crippen molar-refractivity contribution in [1.82, 2.24) is 24.5 Å². The van der Waals surface area contributed by atoms with Crippen LogP contribution in [0.2, 0.25) is 0 Å². The van der Waals surface area contributed by atoms with Gasteiger partial charge >= 0.3 is 0 Å². The van der Waals surface area contributed by atoms with E-state index in [1.807, 2.05) is 24.3 Å². The van der Waals surface area contributed by atoms with Gasteiger partial charge in [0.2, 0.25) is 23.6 Å². The molecule has 0 fully saturated rings. The first-order valence-electron chi connectivity index (χ1n) is 11.7. The molecule has 0 bridgehead atoms. The molecule has 3 aromatic carbocycles. The second-order valence-corrected chi connectivity index (χ2v) is 8.18. The minimum atomic E-state index is -0.429. The Bertz CT molecular complexity index is 1610. The van der Waals surface area contributed by atoms with E-state index in [9.17, 15) is 10.1 Å². The molecule has 0 atom stereocenters. The normalized spacial score (nSPS) is 10.7. The maximum atomic E-state index is 11.0. The molecule has 0 aliphatic heterocycles. The van der Waals surface area contributed by atoms with Crippen molar-refractivity contribution in [3.05, 3.63) is 82.7 Å². The van der Waals surface area contributed by atoms with Crippen molar-refractivity contribution < 1.29 is 19.1 Å². The first-order chi connectivity index (χ1) is 19.0. The number of hydrogen-bond acceptors (Lipinski definition) is 11. The number of aromatic nitrogens is 5. The molecule has 5 rings (SSSR count). The Morgan fingerprint density at radius 2 is 1.64 bits per heavy atom. The molecule has 0 aliphatic rings. The molecule has 0 saturated heterocycles. The van der Waals surface area contributed by atoms with E-state index in [0.29, 0.717) is 41.4 Å². The molecule has 2 N–H and O–H groups in total. The first-order valence-corrected chi connectivity index (χ1v) is 11.7. The maximum absolute atomic E-state index is 11.0. The number of nitrogens with one attached hydrogen (secondary N) is 2. The predicted molar refractivity (Wildman–Crippen MR) is 144 cm³/mol. The van der Waals surface area contributed by atoms with Gasteiger partial charge in [-0.3, -0.25) is 10.1 Å². The third-order valence-corrected chi connectivity index (χ3v) is 5.84. The number of rotatable bonds is 10. The molecule has 0 amide bonds. The molecular weight excluding hydrogens is 504 g/mol. The fourth-order valence-corrected chi connectivity index (χ4v) is 4.00. The number of imidazole rings is 1. The van der Waals surface area contributed by atoms with Gasteiger partial charge in [0, 0.05) is 36.5 Å². The number of nitrogens with zero attached hydrogens (tertiary/aromatic N) is 6. The second kappa shape index (κ2) is 10.9. The average Bonchev–Trinajstić information content (AvgIpc) is 3.34. The number of nitro benzene ring substituents is 1. The molecule has 13 heteroatoms. The van der Waals surface area contributed by atoms with E-state index >= 15 is 0 Å². The minimum Gasteiger partial charge on any atom is -0.493 e. The van der Waals surface area contributed by atoms with Crippen molar-refractivity contribution in [2.45, 2.75) is 6.54 Å². The lowest BCUT2D eigenvalue weighted by atomic mass is 10.2. The summed E-state index contributed by atoms with van der Waals surface area (Å²) in [5.74, 6) is 2.54. The molecule has 0 unspecified atom stereocenters. The third-order valence-electron chi connectivity index (χ3n) is 5.84. The van der Waals surface area contributed by atoms with Crippen LogP contribution in [0.3, 0.4) is 0 Å². The van der Waals surface area contributed by atoms with Crippen LogP contribution in [0.25, 0.3) is 17.0 Å². The van der Waals surface area contributed by atoms with Crippen molar-refractivity contribution in [2.75, 3.05) is 32.0 Å². The summed E-state index contributed by atoms with van der Waals surface area (Å²) in [5.41, 5.74) is 3.02. The first kappa shape index (κ1) is 25.2. The van der Waals surface area contributed by atoms with Crippen molar-refractivity contribution in [1.29, 1.82) is 0 Å². The number of anilines is 3. The molecule has 2 heterocycles. The lowest BCUT2D eigenvalue weighted by Gasteiger charge is -2.15. The van der Waals surface area contributed by atoms with E-state index in [2.05, 4.69) is 25.6 Å². The zero-order valence-electron chi connectivity index (χ0n) is 21.3. The zero-order chi connectivity index (χ0) is 27.4. The number of nitro groups is 1. The molecule has 0 aliphatic carbocycles. The van der Waals surface area contributed by atoms with Gasteiger partial charge in [0.15, 0.2) is 11.5 Å². The Hall–Kier alpha value is -5.46. The van der Waals surface area contributed by atoms with E-state index in [-0.39, 0.29) is 11.6 Å². The predicted octanol–water partition coefficient (Wildman–Crippen LogP) is 4.50. The van der Waals surface area contributed by atoms with Crippen LogP contribution in [-0.2, 0) is 6.54 Å². The smallest absolute Gasteiger partial charge is 0.269 e. The summed E-state index contributed by atoms with van der Waals surface area (Å²) >= 11 is 0. The summed E-state index contributed by atoms with van der Waals surface area (Å²) in [5, 5.41) is 17.4. The number of hydrogen-bond donors (Lipinski definition) is 2. The SMILES string of the molecule is COc1cc(Nc2ncnc(-n3c(NCc4ccc([N+](=O)[O-])cc4)nc4ccccc43)n2)cc(OC)c1OC. The van der Waals surface area contributed by atoms with Crippen molar-refractivity contribution in [3.63, 3.8) is 0 Å². The van der Waals surface area contributed by atoms with Gasteiger partial charge in [-0.25, -0.2) is 19.5 Å². The van der Waals surface area contributed by atoms with E-state index in [0.717, 1.165) is 16.6 Å². The van der Waals surface area contributed by atoms with Gasteiger partial charge in [-0.05, 0) is 17.7 Å². The van der Waals surface area contributed by atoms with Gasteiger partial charge in [-0.1, -0.05) is 24.3 Å². The van der Waals surface area contributed by atoms with Crippen LogP contribution in [0, 0.1) is 10.1 Å².